The van der Waals surface area contributed by atoms with E-state index in [0.717, 1.165) is 25.3 Å². The fourth-order valence-electron chi connectivity index (χ4n) is 2.45. The van der Waals surface area contributed by atoms with Gasteiger partial charge >= 0.3 is 0 Å². The zero-order valence-corrected chi connectivity index (χ0v) is 11.8. The maximum absolute atomic E-state index is 5.86. The van der Waals surface area contributed by atoms with E-state index in [4.69, 9.17) is 10.8 Å². The van der Waals surface area contributed by atoms with Crippen LogP contribution < -0.4 is 5.73 Å². The summed E-state index contributed by atoms with van der Waals surface area (Å²) in [4.78, 5) is 0. The van der Waals surface area contributed by atoms with E-state index in [0.29, 0.717) is 6.54 Å². The largest absolute Gasteiger partial charge is 0.326 e. The molecule has 0 fully saturated rings. The molecule has 17 heavy (non-hydrogen) atoms. The molecule has 0 aliphatic rings. The second-order valence-electron chi connectivity index (χ2n) is 4.65. The Kier molecular flexibility index (Phi) is 5.69. The van der Waals surface area contributed by atoms with E-state index in [2.05, 4.69) is 32.4 Å². The van der Waals surface area contributed by atoms with E-state index in [1.807, 2.05) is 0 Å². The number of aromatic nitrogens is 2. The normalized spacial score (nSPS) is 11.4. The van der Waals surface area contributed by atoms with E-state index < -0.39 is 0 Å². The zero-order chi connectivity index (χ0) is 12.8. The van der Waals surface area contributed by atoms with Gasteiger partial charge in [-0.3, -0.25) is 4.68 Å². The molecule has 98 valence electrons. The highest BCUT2D eigenvalue weighted by Crippen LogP contribution is 2.19. The molecule has 0 radical (unpaired) electrons. The van der Waals surface area contributed by atoms with Gasteiger partial charge in [0.1, 0.15) is 0 Å². The molecule has 1 rings (SSSR count). The predicted octanol–water partition coefficient (Wildman–Crippen LogP) is 2.90. The van der Waals surface area contributed by atoms with Gasteiger partial charge in [-0.2, -0.15) is 5.10 Å². The first-order valence-corrected chi connectivity index (χ1v) is 6.99. The van der Waals surface area contributed by atoms with Crippen LogP contribution in [0, 0.1) is 5.92 Å². The van der Waals surface area contributed by atoms with Gasteiger partial charge < -0.3 is 5.73 Å². The SMILES string of the molecule is CCc1nn(CC(CC)CC)c(CC)c1CN. The summed E-state index contributed by atoms with van der Waals surface area (Å²) in [6.07, 6.45) is 4.45. The minimum atomic E-state index is 0.620. The van der Waals surface area contributed by atoms with Gasteiger partial charge in [-0.25, -0.2) is 0 Å². The molecule has 0 atom stereocenters. The molecule has 0 bridgehead atoms. The van der Waals surface area contributed by atoms with E-state index >= 15 is 0 Å². The summed E-state index contributed by atoms with van der Waals surface area (Å²) >= 11 is 0. The quantitative estimate of drug-likeness (QED) is 0.792. The van der Waals surface area contributed by atoms with Crippen molar-refractivity contribution in [3.63, 3.8) is 0 Å². The summed E-state index contributed by atoms with van der Waals surface area (Å²) in [7, 11) is 0. The molecule has 1 heterocycles. The van der Waals surface area contributed by atoms with Gasteiger partial charge in [0.25, 0.3) is 0 Å². The third kappa shape index (κ3) is 3.09. The van der Waals surface area contributed by atoms with Crippen molar-refractivity contribution in [2.45, 2.75) is 66.5 Å². The van der Waals surface area contributed by atoms with Crippen LogP contribution in [-0.4, -0.2) is 9.78 Å². The molecule has 2 N–H and O–H groups in total. The first kappa shape index (κ1) is 14.2. The number of rotatable bonds is 7. The molecule has 3 heteroatoms. The van der Waals surface area contributed by atoms with Crippen LogP contribution in [0.15, 0.2) is 0 Å². The van der Waals surface area contributed by atoms with Crippen LogP contribution in [0.25, 0.3) is 0 Å². The molecule has 0 spiro atoms. The van der Waals surface area contributed by atoms with Crippen molar-refractivity contribution in [1.82, 2.24) is 9.78 Å². The van der Waals surface area contributed by atoms with Crippen molar-refractivity contribution in [1.29, 1.82) is 0 Å². The fraction of sp³-hybridized carbons (Fsp3) is 0.786. The van der Waals surface area contributed by atoms with E-state index in [-0.39, 0.29) is 0 Å². The van der Waals surface area contributed by atoms with Crippen LogP contribution in [0.1, 0.15) is 57.5 Å². The predicted molar refractivity (Wildman–Crippen MR) is 72.9 cm³/mol. The summed E-state index contributed by atoms with van der Waals surface area (Å²) in [6, 6.07) is 0. The zero-order valence-electron chi connectivity index (χ0n) is 11.8. The number of hydrogen-bond donors (Lipinski definition) is 1. The summed E-state index contributed by atoms with van der Waals surface area (Å²) < 4.78 is 2.21. The lowest BCUT2D eigenvalue weighted by Gasteiger charge is -2.14. The highest BCUT2D eigenvalue weighted by Gasteiger charge is 2.15. The fourth-order valence-corrected chi connectivity index (χ4v) is 2.45. The molecular weight excluding hydrogens is 210 g/mol. The topological polar surface area (TPSA) is 43.8 Å². The van der Waals surface area contributed by atoms with Gasteiger partial charge in [-0.15, -0.1) is 0 Å². The molecular formula is C14H27N3. The van der Waals surface area contributed by atoms with Gasteiger partial charge in [-0.05, 0) is 18.8 Å². The van der Waals surface area contributed by atoms with Gasteiger partial charge in [0.2, 0.25) is 0 Å². The van der Waals surface area contributed by atoms with Crippen molar-refractivity contribution < 1.29 is 0 Å². The molecule has 0 aliphatic heterocycles. The summed E-state index contributed by atoms with van der Waals surface area (Å²) in [6.45, 7) is 10.5. The molecule has 1 aromatic rings. The molecule has 3 nitrogen and oxygen atoms in total. The highest BCUT2D eigenvalue weighted by atomic mass is 15.3. The third-order valence-electron chi connectivity index (χ3n) is 3.71. The van der Waals surface area contributed by atoms with Gasteiger partial charge in [0.05, 0.1) is 5.69 Å². The smallest absolute Gasteiger partial charge is 0.0669 e. The number of aryl methyl sites for hydroxylation is 1. The standard InChI is InChI=1S/C14H27N3/c1-5-11(6-2)10-17-14(8-4)12(9-15)13(7-3)16-17/h11H,5-10,15H2,1-4H3. The Bertz CT molecular complexity index is 337. The van der Waals surface area contributed by atoms with Crippen LogP contribution in [0.2, 0.25) is 0 Å². The van der Waals surface area contributed by atoms with Crippen molar-refractivity contribution in [2.75, 3.05) is 0 Å². The molecule has 0 saturated heterocycles. The van der Waals surface area contributed by atoms with Crippen molar-refractivity contribution in [3.8, 4) is 0 Å². The van der Waals surface area contributed by atoms with E-state index in [9.17, 15) is 0 Å². The highest BCUT2D eigenvalue weighted by molar-refractivity contribution is 5.26. The van der Waals surface area contributed by atoms with E-state index in [1.165, 1.54) is 29.8 Å². The molecule has 0 aliphatic carbocycles. The lowest BCUT2D eigenvalue weighted by molar-refractivity contribution is 0.387. The Morgan fingerprint density at radius 1 is 1.12 bits per heavy atom. The first-order chi connectivity index (χ1) is 8.21. The Balaban J connectivity index is 3.01. The third-order valence-corrected chi connectivity index (χ3v) is 3.71. The van der Waals surface area contributed by atoms with Crippen molar-refractivity contribution in [2.24, 2.45) is 11.7 Å². The van der Waals surface area contributed by atoms with Crippen LogP contribution in [-0.2, 0) is 25.9 Å². The van der Waals surface area contributed by atoms with Gasteiger partial charge in [0, 0.05) is 24.3 Å². The van der Waals surface area contributed by atoms with Gasteiger partial charge in [-0.1, -0.05) is 40.5 Å². The lowest BCUT2D eigenvalue weighted by atomic mass is 10.0. The lowest BCUT2D eigenvalue weighted by Crippen LogP contribution is -2.13. The average Bonchev–Trinajstić information content (AvgIpc) is 2.72. The molecule has 0 unspecified atom stereocenters. The Labute approximate surface area is 105 Å². The molecule has 0 amide bonds. The molecule has 0 saturated carbocycles. The first-order valence-electron chi connectivity index (χ1n) is 6.99. The molecule has 1 aromatic heterocycles. The average molecular weight is 237 g/mol. The monoisotopic (exact) mass is 237 g/mol. The van der Waals surface area contributed by atoms with Crippen LogP contribution in [0.5, 0.6) is 0 Å². The number of hydrogen-bond acceptors (Lipinski definition) is 2. The molecule has 0 aromatic carbocycles. The maximum Gasteiger partial charge on any atom is 0.0669 e. The second-order valence-corrected chi connectivity index (χ2v) is 4.65. The van der Waals surface area contributed by atoms with Gasteiger partial charge in [0.15, 0.2) is 0 Å². The Hall–Kier alpha value is -0.830. The van der Waals surface area contributed by atoms with Crippen LogP contribution in [0.3, 0.4) is 0 Å². The van der Waals surface area contributed by atoms with Crippen molar-refractivity contribution in [3.05, 3.63) is 17.0 Å². The summed E-state index contributed by atoms with van der Waals surface area (Å²) in [5.74, 6) is 0.732. The number of nitrogens with zero attached hydrogens (tertiary/aromatic N) is 2. The second kappa shape index (κ2) is 6.80. The Morgan fingerprint density at radius 2 is 1.76 bits per heavy atom. The summed E-state index contributed by atoms with van der Waals surface area (Å²) in [5.41, 5.74) is 9.67. The minimum Gasteiger partial charge on any atom is -0.326 e. The summed E-state index contributed by atoms with van der Waals surface area (Å²) in [5, 5.41) is 4.74. The van der Waals surface area contributed by atoms with Crippen LogP contribution in [0.4, 0.5) is 0 Å². The number of nitrogens with two attached hydrogens (primary N) is 1. The maximum atomic E-state index is 5.86. The Morgan fingerprint density at radius 3 is 2.18 bits per heavy atom. The minimum absolute atomic E-state index is 0.620. The van der Waals surface area contributed by atoms with E-state index in [1.54, 1.807) is 0 Å². The van der Waals surface area contributed by atoms with Crippen molar-refractivity contribution >= 4 is 0 Å². The van der Waals surface area contributed by atoms with Crippen LogP contribution >= 0.6 is 0 Å².